The van der Waals surface area contributed by atoms with Crippen molar-refractivity contribution in [1.82, 2.24) is 4.90 Å². The number of carbonyl (C=O) groups excluding carboxylic acids is 1. The molecule has 1 aliphatic rings. The van der Waals surface area contributed by atoms with Gasteiger partial charge in [-0.25, -0.2) is 4.39 Å². The number of aliphatic hydroxyl groups excluding tert-OH is 1. The van der Waals surface area contributed by atoms with Crippen LogP contribution in [0, 0.1) is 0 Å². The fourth-order valence-electron chi connectivity index (χ4n) is 3.48. The normalized spacial score (nSPS) is 18.5. The van der Waals surface area contributed by atoms with Crippen LogP contribution in [0.15, 0.2) is 48.5 Å². The summed E-state index contributed by atoms with van der Waals surface area (Å²) in [6, 6.07) is 13.3. The Balaban J connectivity index is 0.00000300. The van der Waals surface area contributed by atoms with E-state index in [1.165, 1.54) is 4.90 Å². The Kier molecular flexibility index (Phi) is 8.47. The Morgan fingerprint density at radius 1 is 1.10 bits per heavy atom. The summed E-state index contributed by atoms with van der Waals surface area (Å²) in [4.78, 5) is 13.7. The molecule has 0 spiro atoms. The van der Waals surface area contributed by atoms with Gasteiger partial charge in [-0.05, 0) is 30.5 Å². The predicted octanol–water partition coefficient (Wildman–Crippen LogP) is 4.63. The van der Waals surface area contributed by atoms with Crippen molar-refractivity contribution in [3.63, 3.8) is 0 Å². The van der Waals surface area contributed by atoms with Crippen LogP contribution in [-0.4, -0.2) is 46.4 Å². The number of Topliss-reactive ketones (excluding diaryl/α,β-unsaturated/α-hetero) is 1. The molecule has 0 amide bonds. The number of nitrogens with zero attached hydrogens (tertiary/aromatic N) is 1. The number of carbonyl (C=O) groups is 1. The number of likely N-dealkylation sites (tertiary alicyclic amines) is 1. The summed E-state index contributed by atoms with van der Waals surface area (Å²) in [5.74, 6) is -0.493. The highest BCUT2D eigenvalue weighted by molar-refractivity contribution is 6.42. The first kappa shape index (κ1) is 24.1. The SMILES string of the molecule is Cl.O=C(c1ccccc1)C(O)CC(F)N1CCC(O)(c2ccc(Cl)c(Cl)c2)CC1. The van der Waals surface area contributed by atoms with Crippen molar-refractivity contribution in [1.29, 1.82) is 0 Å². The van der Waals surface area contributed by atoms with E-state index in [2.05, 4.69) is 0 Å². The van der Waals surface area contributed by atoms with Gasteiger partial charge in [0.2, 0.25) is 0 Å². The van der Waals surface area contributed by atoms with Crippen LogP contribution in [0.2, 0.25) is 10.0 Å². The van der Waals surface area contributed by atoms with Crippen molar-refractivity contribution < 1.29 is 19.4 Å². The van der Waals surface area contributed by atoms with E-state index in [1.54, 1.807) is 48.5 Å². The first-order valence-corrected chi connectivity index (χ1v) is 9.89. The molecular formula is C21H23Cl3FNO3. The Bertz CT molecular complexity index is 829. The van der Waals surface area contributed by atoms with E-state index in [4.69, 9.17) is 23.2 Å². The van der Waals surface area contributed by atoms with E-state index in [0.29, 0.717) is 47.1 Å². The number of aliphatic hydroxyl groups is 2. The second-order valence-corrected chi connectivity index (χ2v) is 7.93. The highest BCUT2D eigenvalue weighted by Gasteiger charge is 2.37. The van der Waals surface area contributed by atoms with E-state index in [9.17, 15) is 19.4 Å². The minimum atomic E-state index is -1.47. The summed E-state index contributed by atoms with van der Waals surface area (Å²) in [7, 11) is 0. The molecule has 2 unspecified atom stereocenters. The van der Waals surface area contributed by atoms with Gasteiger partial charge < -0.3 is 10.2 Å². The Morgan fingerprint density at radius 3 is 2.31 bits per heavy atom. The number of hydrogen-bond donors (Lipinski definition) is 2. The number of halogens is 4. The average Bonchev–Trinajstić information content (AvgIpc) is 2.70. The lowest BCUT2D eigenvalue weighted by Crippen LogP contribution is -2.47. The average molecular weight is 463 g/mol. The van der Waals surface area contributed by atoms with Gasteiger partial charge in [0.05, 0.1) is 15.6 Å². The van der Waals surface area contributed by atoms with Crippen LogP contribution < -0.4 is 0 Å². The van der Waals surface area contributed by atoms with E-state index < -0.39 is 23.8 Å². The molecule has 2 aromatic carbocycles. The maximum atomic E-state index is 14.7. The third-order valence-corrected chi connectivity index (χ3v) is 6.00. The minimum absolute atomic E-state index is 0. The molecule has 2 atom stereocenters. The van der Waals surface area contributed by atoms with Gasteiger partial charge in [0.1, 0.15) is 6.10 Å². The third-order valence-electron chi connectivity index (χ3n) is 5.26. The molecule has 0 radical (unpaired) electrons. The lowest BCUT2D eigenvalue weighted by Gasteiger charge is -2.40. The molecule has 1 aliphatic heterocycles. The van der Waals surface area contributed by atoms with Gasteiger partial charge >= 0.3 is 0 Å². The van der Waals surface area contributed by atoms with Crippen molar-refractivity contribution in [2.24, 2.45) is 0 Å². The fraction of sp³-hybridized carbons (Fsp3) is 0.381. The van der Waals surface area contributed by atoms with Gasteiger partial charge in [-0.1, -0.05) is 59.6 Å². The zero-order valence-corrected chi connectivity index (χ0v) is 17.9. The number of hydrogen-bond acceptors (Lipinski definition) is 4. The zero-order chi connectivity index (χ0) is 20.3. The first-order valence-electron chi connectivity index (χ1n) is 9.13. The Morgan fingerprint density at radius 2 is 1.72 bits per heavy atom. The summed E-state index contributed by atoms with van der Waals surface area (Å²) in [5, 5.41) is 21.8. The molecule has 29 heavy (non-hydrogen) atoms. The molecule has 2 aromatic rings. The van der Waals surface area contributed by atoms with Crippen molar-refractivity contribution >= 4 is 41.4 Å². The van der Waals surface area contributed by atoms with E-state index in [0.717, 1.165) is 0 Å². The Labute approximate surface area is 185 Å². The zero-order valence-electron chi connectivity index (χ0n) is 15.6. The van der Waals surface area contributed by atoms with Crippen molar-refractivity contribution in [3.8, 4) is 0 Å². The standard InChI is InChI=1S/C21H22Cl2FNO3.ClH/c22-16-7-6-15(12-17(16)23)21(28)8-10-25(11-9-21)19(24)13-18(26)20(27)14-4-2-1-3-5-14;/h1-7,12,18-19,26,28H,8-11,13H2;1H. The largest absolute Gasteiger partial charge is 0.385 e. The number of piperidine rings is 1. The minimum Gasteiger partial charge on any atom is -0.385 e. The van der Waals surface area contributed by atoms with Crippen LogP contribution in [-0.2, 0) is 5.60 Å². The highest BCUT2D eigenvalue weighted by Crippen LogP contribution is 2.36. The quantitative estimate of drug-likeness (QED) is 0.485. The van der Waals surface area contributed by atoms with Crippen LogP contribution in [0.25, 0.3) is 0 Å². The lowest BCUT2D eigenvalue weighted by molar-refractivity contribution is -0.0613. The molecule has 1 saturated heterocycles. The molecule has 0 aliphatic carbocycles. The second-order valence-electron chi connectivity index (χ2n) is 7.11. The van der Waals surface area contributed by atoms with Crippen LogP contribution >= 0.6 is 35.6 Å². The molecule has 3 rings (SSSR count). The summed E-state index contributed by atoms with van der Waals surface area (Å²) in [6.45, 7) is 0.592. The van der Waals surface area contributed by atoms with Crippen molar-refractivity contribution in [2.75, 3.05) is 13.1 Å². The van der Waals surface area contributed by atoms with Crippen LogP contribution in [0.4, 0.5) is 4.39 Å². The first-order chi connectivity index (χ1) is 13.3. The van der Waals surface area contributed by atoms with E-state index in [1.807, 2.05) is 0 Å². The topological polar surface area (TPSA) is 60.8 Å². The molecule has 1 fully saturated rings. The monoisotopic (exact) mass is 461 g/mol. The fourth-order valence-corrected chi connectivity index (χ4v) is 3.78. The smallest absolute Gasteiger partial charge is 0.191 e. The van der Waals surface area contributed by atoms with E-state index >= 15 is 0 Å². The highest BCUT2D eigenvalue weighted by atomic mass is 35.5. The van der Waals surface area contributed by atoms with Crippen molar-refractivity contribution in [3.05, 3.63) is 69.7 Å². The van der Waals surface area contributed by atoms with Gasteiger partial charge in [0.15, 0.2) is 12.1 Å². The van der Waals surface area contributed by atoms with Crippen LogP contribution in [0.3, 0.4) is 0 Å². The molecular weight excluding hydrogens is 440 g/mol. The Hall–Kier alpha value is -1.21. The third kappa shape index (κ3) is 5.69. The lowest BCUT2D eigenvalue weighted by atomic mass is 9.84. The predicted molar refractivity (Wildman–Crippen MR) is 115 cm³/mol. The second kappa shape index (κ2) is 10.2. The molecule has 158 valence electrons. The molecule has 1 heterocycles. The summed E-state index contributed by atoms with van der Waals surface area (Å²) in [5.41, 5.74) is -0.103. The van der Waals surface area contributed by atoms with Gasteiger partial charge in [-0.15, -0.1) is 12.4 Å². The molecule has 0 aromatic heterocycles. The summed E-state index contributed by atoms with van der Waals surface area (Å²) in [6.07, 6.45) is -2.56. The maximum Gasteiger partial charge on any atom is 0.191 e. The number of benzene rings is 2. The molecule has 0 saturated carbocycles. The van der Waals surface area contributed by atoms with Crippen LogP contribution in [0.1, 0.15) is 35.2 Å². The maximum absolute atomic E-state index is 14.7. The molecule has 2 N–H and O–H groups in total. The van der Waals surface area contributed by atoms with Gasteiger partial charge in [0.25, 0.3) is 0 Å². The van der Waals surface area contributed by atoms with Gasteiger partial charge in [-0.2, -0.15) is 0 Å². The van der Waals surface area contributed by atoms with Gasteiger partial charge in [0, 0.05) is 25.1 Å². The number of alkyl halides is 1. The summed E-state index contributed by atoms with van der Waals surface area (Å²) >= 11 is 12.0. The molecule has 0 bridgehead atoms. The van der Waals surface area contributed by atoms with E-state index in [-0.39, 0.29) is 18.8 Å². The van der Waals surface area contributed by atoms with Crippen molar-refractivity contribution in [2.45, 2.75) is 37.3 Å². The number of rotatable bonds is 6. The van der Waals surface area contributed by atoms with Gasteiger partial charge in [-0.3, -0.25) is 9.69 Å². The molecule has 4 nitrogen and oxygen atoms in total. The summed E-state index contributed by atoms with van der Waals surface area (Å²) < 4.78 is 14.7. The molecule has 8 heteroatoms. The number of ketones is 1. The van der Waals surface area contributed by atoms with Crippen LogP contribution in [0.5, 0.6) is 0 Å².